The average Bonchev–Trinajstić information content (AvgIpc) is 3.24. The Hall–Kier alpha value is -3.82. The SMILES string of the molecule is COc1cc(-c2cc3c(s2)c(=O)n(-c2cncc(OC(F)F)c2)c(=O)n3CCC#N)c(Cl)cc1F. The summed E-state index contributed by atoms with van der Waals surface area (Å²) in [5, 5.41) is 9.12. The number of fused-ring (bicyclic) bond motifs is 1. The van der Waals surface area contributed by atoms with E-state index in [4.69, 9.17) is 21.6 Å². The van der Waals surface area contributed by atoms with E-state index in [1.165, 1.54) is 23.8 Å². The third-order valence-electron chi connectivity index (χ3n) is 4.96. The maximum absolute atomic E-state index is 14.0. The first-order valence-electron chi connectivity index (χ1n) is 9.85. The Labute approximate surface area is 204 Å². The van der Waals surface area contributed by atoms with Gasteiger partial charge in [0, 0.05) is 23.1 Å². The highest BCUT2D eigenvalue weighted by molar-refractivity contribution is 7.22. The zero-order chi connectivity index (χ0) is 25.3. The Morgan fingerprint density at radius 3 is 2.69 bits per heavy atom. The second kappa shape index (κ2) is 9.81. The van der Waals surface area contributed by atoms with Gasteiger partial charge in [-0.3, -0.25) is 14.3 Å². The second-order valence-electron chi connectivity index (χ2n) is 7.03. The summed E-state index contributed by atoms with van der Waals surface area (Å²) in [5.74, 6) is -1.08. The number of benzene rings is 1. The van der Waals surface area contributed by atoms with Gasteiger partial charge in [0.15, 0.2) is 11.6 Å². The molecule has 8 nitrogen and oxygen atoms in total. The molecule has 1 aromatic carbocycles. The monoisotopic (exact) mass is 522 g/mol. The fourth-order valence-corrected chi connectivity index (χ4v) is 4.89. The molecule has 13 heteroatoms. The molecule has 3 heterocycles. The molecule has 0 spiro atoms. The summed E-state index contributed by atoms with van der Waals surface area (Å²) in [4.78, 5) is 30.9. The van der Waals surface area contributed by atoms with E-state index in [0.29, 0.717) is 10.4 Å². The predicted molar refractivity (Wildman–Crippen MR) is 123 cm³/mol. The summed E-state index contributed by atoms with van der Waals surface area (Å²) in [7, 11) is 1.29. The summed E-state index contributed by atoms with van der Waals surface area (Å²) in [6.45, 7) is -3.18. The van der Waals surface area contributed by atoms with Crippen molar-refractivity contribution in [3.63, 3.8) is 0 Å². The third-order valence-corrected chi connectivity index (χ3v) is 6.42. The molecule has 0 bridgehead atoms. The topological polar surface area (TPSA) is 99.1 Å². The van der Waals surface area contributed by atoms with Crippen LogP contribution in [0.4, 0.5) is 13.2 Å². The van der Waals surface area contributed by atoms with Gasteiger partial charge >= 0.3 is 12.3 Å². The van der Waals surface area contributed by atoms with Crippen LogP contribution in [0.1, 0.15) is 6.42 Å². The summed E-state index contributed by atoms with van der Waals surface area (Å²) < 4.78 is 50.8. The van der Waals surface area contributed by atoms with Gasteiger partial charge in [0.1, 0.15) is 10.4 Å². The van der Waals surface area contributed by atoms with E-state index in [9.17, 15) is 22.8 Å². The third kappa shape index (κ3) is 4.60. The number of rotatable bonds is 7. The van der Waals surface area contributed by atoms with Crippen LogP contribution in [0.25, 0.3) is 26.3 Å². The second-order valence-corrected chi connectivity index (χ2v) is 8.49. The number of alkyl halides is 2. The molecule has 0 N–H and O–H groups in total. The minimum Gasteiger partial charge on any atom is -0.494 e. The minimum absolute atomic E-state index is 0.0453. The highest BCUT2D eigenvalue weighted by atomic mass is 35.5. The smallest absolute Gasteiger partial charge is 0.387 e. The molecule has 0 radical (unpaired) electrons. The average molecular weight is 523 g/mol. The van der Waals surface area contributed by atoms with Gasteiger partial charge in [0.05, 0.1) is 48.2 Å². The number of hydrogen-bond acceptors (Lipinski definition) is 7. The largest absolute Gasteiger partial charge is 0.494 e. The molecule has 0 unspecified atom stereocenters. The molecule has 0 aliphatic rings. The first-order valence-corrected chi connectivity index (χ1v) is 11.0. The van der Waals surface area contributed by atoms with Crippen molar-refractivity contribution in [1.29, 1.82) is 5.26 Å². The fourth-order valence-electron chi connectivity index (χ4n) is 3.46. The Morgan fingerprint density at radius 1 is 1.23 bits per heavy atom. The maximum atomic E-state index is 14.0. The zero-order valence-corrected chi connectivity index (χ0v) is 19.4. The molecular weight excluding hydrogens is 509 g/mol. The molecule has 3 aromatic heterocycles. The van der Waals surface area contributed by atoms with Crippen LogP contribution < -0.4 is 20.7 Å². The summed E-state index contributed by atoms with van der Waals surface area (Å²) in [6, 6.07) is 7.00. The molecule has 180 valence electrons. The lowest BCUT2D eigenvalue weighted by molar-refractivity contribution is -0.0500. The van der Waals surface area contributed by atoms with Crippen LogP contribution in [-0.2, 0) is 6.54 Å². The molecule has 0 saturated heterocycles. The van der Waals surface area contributed by atoms with Gasteiger partial charge in [-0.25, -0.2) is 13.8 Å². The number of hydrogen-bond donors (Lipinski definition) is 0. The highest BCUT2D eigenvalue weighted by Crippen LogP contribution is 2.39. The zero-order valence-electron chi connectivity index (χ0n) is 17.8. The quantitative estimate of drug-likeness (QED) is 0.352. The fraction of sp³-hybridized carbons (Fsp3) is 0.182. The number of thiophene rings is 1. The summed E-state index contributed by atoms with van der Waals surface area (Å²) in [6.07, 6.45) is 2.12. The lowest BCUT2D eigenvalue weighted by Crippen LogP contribution is -2.38. The van der Waals surface area contributed by atoms with E-state index in [1.54, 1.807) is 0 Å². The number of aryl methyl sites for hydroxylation is 1. The number of ether oxygens (including phenoxy) is 2. The van der Waals surface area contributed by atoms with Crippen molar-refractivity contribution in [2.24, 2.45) is 0 Å². The van der Waals surface area contributed by atoms with Crippen molar-refractivity contribution in [3.05, 3.63) is 68.3 Å². The Kier molecular flexibility index (Phi) is 6.81. The first-order chi connectivity index (χ1) is 16.7. The Bertz CT molecular complexity index is 1590. The van der Waals surface area contributed by atoms with Crippen LogP contribution >= 0.6 is 22.9 Å². The molecular formula is C22H14ClF3N4O4S. The van der Waals surface area contributed by atoms with Crippen molar-refractivity contribution in [2.75, 3.05) is 7.11 Å². The number of nitriles is 1. The van der Waals surface area contributed by atoms with Gasteiger partial charge < -0.3 is 9.47 Å². The lowest BCUT2D eigenvalue weighted by atomic mass is 10.1. The van der Waals surface area contributed by atoms with Crippen LogP contribution in [0, 0.1) is 17.1 Å². The molecule has 0 fully saturated rings. The molecule has 35 heavy (non-hydrogen) atoms. The van der Waals surface area contributed by atoms with E-state index in [0.717, 1.165) is 40.4 Å². The predicted octanol–water partition coefficient (Wildman–Crippen LogP) is 4.59. The molecule has 0 amide bonds. The van der Waals surface area contributed by atoms with Crippen LogP contribution in [0.3, 0.4) is 0 Å². The first kappa shape index (κ1) is 24.3. The van der Waals surface area contributed by atoms with E-state index in [2.05, 4.69) is 9.72 Å². The Morgan fingerprint density at radius 2 is 2.00 bits per heavy atom. The van der Waals surface area contributed by atoms with Crippen LogP contribution in [0.2, 0.25) is 5.02 Å². The van der Waals surface area contributed by atoms with Gasteiger partial charge in [-0.05, 0) is 18.2 Å². The van der Waals surface area contributed by atoms with Crippen molar-refractivity contribution in [1.82, 2.24) is 14.1 Å². The molecule has 4 rings (SSSR count). The normalized spacial score (nSPS) is 11.1. The van der Waals surface area contributed by atoms with Crippen LogP contribution in [0.15, 0.2) is 46.2 Å². The molecule has 0 atom stereocenters. The molecule has 0 aliphatic carbocycles. The van der Waals surface area contributed by atoms with Gasteiger partial charge in [0.2, 0.25) is 0 Å². The number of methoxy groups -OCH3 is 1. The molecule has 0 saturated carbocycles. The van der Waals surface area contributed by atoms with E-state index in [-0.39, 0.29) is 45.4 Å². The summed E-state index contributed by atoms with van der Waals surface area (Å²) >= 11 is 7.22. The highest BCUT2D eigenvalue weighted by Gasteiger charge is 2.21. The lowest BCUT2D eigenvalue weighted by Gasteiger charge is -2.11. The number of nitrogens with zero attached hydrogens (tertiary/aromatic N) is 4. The van der Waals surface area contributed by atoms with Crippen LogP contribution in [0.5, 0.6) is 11.5 Å². The van der Waals surface area contributed by atoms with Gasteiger partial charge in [0.25, 0.3) is 5.56 Å². The number of pyridine rings is 1. The van der Waals surface area contributed by atoms with Crippen molar-refractivity contribution in [2.45, 2.75) is 19.6 Å². The van der Waals surface area contributed by atoms with Gasteiger partial charge in [-0.1, -0.05) is 11.6 Å². The van der Waals surface area contributed by atoms with Crippen molar-refractivity contribution in [3.8, 4) is 33.7 Å². The van der Waals surface area contributed by atoms with E-state index < -0.39 is 23.7 Å². The molecule has 0 aliphatic heterocycles. The van der Waals surface area contributed by atoms with Gasteiger partial charge in [-0.15, -0.1) is 11.3 Å². The van der Waals surface area contributed by atoms with Crippen molar-refractivity contribution >= 4 is 33.2 Å². The maximum Gasteiger partial charge on any atom is 0.387 e. The van der Waals surface area contributed by atoms with Crippen LogP contribution in [-0.4, -0.2) is 27.8 Å². The summed E-state index contributed by atoms with van der Waals surface area (Å²) in [5.41, 5.74) is -1.04. The minimum atomic E-state index is -3.13. The molecule has 4 aromatic rings. The number of halogens is 4. The number of aromatic nitrogens is 3. The standard InChI is InChI=1S/C22H14ClF3N4O4S/c1-33-17-6-13(14(23)7-15(17)24)18-8-16-19(35-18)20(31)30(22(32)29(16)4-2-3-27)11-5-12(10-28-9-11)34-21(25)26/h5-10,21H,2,4H2,1H3. The van der Waals surface area contributed by atoms with Crippen molar-refractivity contribution < 1.29 is 22.6 Å². The van der Waals surface area contributed by atoms with E-state index >= 15 is 0 Å². The van der Waals surface area contributed by atoms with Gasteiger partial charge in [-0.2, -0.15) is 14.0 Å². The van der Waals surface area contributed by atoms with E-state index in [1.807, 2.05) is 6.07 Å². The Balaban J connectivity index is 1.99.